The van der Waals surface area contributed by atoms with Crippen molar-refractivity contribution in [2.24, 2.45) is 0 Å². The minimum absolute atomic E-state index is 0. The highest BCUT2D eigenvalue weighted by molar-refractivity contribution is 7.16. The molecule has 0 amide bonds. The standard InChI is InChI=1S/C19H18N6S.ClH/c1-19(2,3)24-18-17(23-16-11-20-8-9-25(16)18)15-7-6-14(26-15)5-4-13-10-21-12-22-13;/h6-12,24H,1-3H3,(H,21,22);1H. The maximum Gasteiger partial charge on any atom is 0.157 e. The number of imidazole rings is 2. The van der Waals surface area contributed by atoms with Crippen molar-refractivity contribution >= 4 is 35.2 Å². The largest absolute Gasteiger partial charge is 0.365 e. The highest BCUT2D eigenvalue weighted by atomic mass is 35.5. The van der Waals surface area contributed by atoms with Gasteiger partial charge in [-0.3, -0.25) is 9.38 Å². The van der Waals surface area contributed by atoms with Crippen LogP contribution in [-0.4, -0.2) is 29.9 Å². The van der Waals surface area contributed by atoms with Gasteiger partial charge in [0.2, 0.25) is 0 Å². The Morgan fingerprint density at radius 2 is 2.00 bits per heavy atom. The van der Waals surface area contributed by atoms with Gasteiger partial charge in [-0.1, -0.05) is 0 Å². The summed E-state index contributed by atoms with van der Waals surface area (Å²) in [6, 6.07) is 4.08. The maximum absolute atomic E-state index is 4.77. The number of H-pyrrole nitrogens is 1. The molecule has 0 saturated heterocycles. The molecule has 0 unspecified atom stereocenters. The van der Waals surface area contributed by atoms with Gasteiger partial charge in [0.25, 0.3) is 0 Å². The van der Waals surface area contributed by atoms with Crippen molar-refractivity contribution in [1.82, 2.24) is 24.3 Å². The van der Waals surface area contributed by atoms with Gasteiger partial charge >= 0.3 is 0 Å². The Hall–Kier alpha value is -2.82. The molecule has 0 radical (unpaired) electrons. The van der Waals surface area contributed by atoms with E-state index in [0.29, 0.717) is 0 Å². The summed E-state index contributed by atoms with van der Waals surface area (Å²) in [6.07, 6.45) is 8.79. The number of hydrogen-bond acceptors (Lipinski definition) is 5. The topological polar surface area (TPSA) is 70.9 Å². The molecular weight excluding hydrogens is 380 g/mol. The minimum Gasteiger partial charge on any atom is -0.365 e. The van der Waals surface area contributed by atoms with Crippen LogP contribution in [0.5, 0.6) is 0 Å². The number of thiophene rings is 1. The fourth-order valence-corrected chi connectivity index (χ4v) is 3.39. The lowest BCUT2D eigenvalue weighted by atomic mass is 10.1. The third-order valence-corrected chi connectivity index (χ3v) is 4.59. The van der Waals surface area contributed by atoms with Crippen LogP contribution < -0.4 is 5.32 Å². The average molecular weight is 399 g/mol. The quantitative estimate of drug-likeness (QED) is 0.496. The molecule has 4 aromatic heterocycles. The zero-order chi connectivity index (χ0) is 18.1. The molecule has 0 aliphatic heterocycles. The van der Waals surface area contributed by atoms with Gasteiger partial charge in [0.15, 0.2) is 5.65 Å². The second kappa shape index (κ2) is 7.43. The summed E-state index contributed by atoms with van der Waals surface area (Å²) in [5, 5.41) is 3.56. The summed E-state index contributed by atoms with van der Waals surface area (Å²) in [6.45, 7) is 6.40. The first kappa shape index (κ1) is 19.0. The van der Waals surface area contributed by atoms with E-state index in [4.69, 9.17) is 4.98 Å². The Morgan fingerprint density at radius 3 is 2.74 bits per heavy atom. The predicted octanol–water partition coefficient (Wildman–Crippen LogP) is 4.21. The van der Waals surface area contributed by atoms with Crippen molar-refractivity contribution in [3.8, 4) is 22.4 Å². The minimum atomic E-state index is -0.0888. The molecule has 27 heavy (non-hydrogen) atoms. The third kappa shape index (κ3) is 4.13. The molecule has 0 aliphatic rings. The zero-order valence-electron chi connectivity index (χ0n) is 15.1. The van der Waals surface area contributed by atoms with Crippen LogP contribution in [-0.2, 0) is 0 Å². The average Bonchev–Trinajstić information content (AvgIpc) is 3.32. The van der Waals surface area contributed by atoms with E-state index in [9.17, 15) is 0 Å². The maximum atomic E-state index is 4.77. The van der Waals surface area contributed by atoms with Gasteiger partial charge in [-0.15, -0.1) is 23.7 Å². The molecule has 0 aromatic carbocycles. The SMILES string of the molecule is CC(C)(C)Nc1c(-c2ccc(C#Cc3cnc[nH]3)s2)nc2cnccn12.Cl. The number of anilines is 1. The molecule has 0 bridgehead atoms. The zero-order valence-corrected chi connectivity index (χ0v) is 16.8. The van der Waals surface area contributed by atoms with Crippen LogP contribution in [0.25, 0.3) is 16.2 Å². The van der Waals surface area contributed by atoms with E-state index >= 15 is 0 Å². The summed E-state index contributed by atoms with van der Waals surface area (Å²) in [4.78, 5) is 18.0. The second-order valence-electron chi connectivity index (χ2n) is 6.87. The van der Waals surface area contributed by atoms with Crippen molar-refractivity contribution < 1.29 is 0 Å². The molecule has 2 N–H and O–H groups in total. The van der Waals surface area contributed by atoms with Gasteiger partial charge in [0, 0.05) is 17.9 Å². The van der Waals surface area contributed by atoms with E-state index in [2.05, 4.69) is 58.9 Å². The van der Waals surface area contributed by atoms with E-state index in [-0.39, 0.29) is 17.9 Å². The Balaban J connectivity index is 0.00000210. The molecular formula is C19H19ClN6S. The van der Waals surface area contributed by atoms with Crippen LogP contribution in [0.3, 0.4) is 0 Å². The van der Waals surface area contributed by atoms with Crippen LogP contribution in [0.4, 0.5) is 5.82 Å². The van der Waals surface area contributed by atoms with Gasteiger partial charge in [-0.2, -0.15) is 0 Å². The summed E-state index contributed by atoms with van der Waals surface area (Å²) < 4.78 is 2.03. The van der Waals surface area contributed by atoms with E-state index < -0.39 is 0 Å². The Bertz CT molecular complexity index is 1110. The lowest BCUT2D eigenvalue weighted by Crippen LogP contribution is -2.27. The Kier molecular flexibility index (Phi) is 5.22. The number of hydrogen-bond donors (Lipinski definition) is 2. The van der Waals surface area contributed by atoms with E-state index in [1.165, 1.54) is 0 Å². The number of halogens is 1. The lowest BCUT2D eigenvalue weighted by Gasteiger charge is -2.22. The van der Waals surface area contributed by atoms with Gasteiger partial charge in [0.1, 0.15) is 17.2 Å². The van der Waals surface area contributed by atoms with Crippen LogP contribution >= 0.6 is 23.7 Å². The summed E-state index contributed by atoms with van der Waals surface area (Å²) in [5.41, 5.74) is 2.43. The third-order valence-electron chi connectivity index (χ3n) is 3.58. The fourth-order valence-electron chi connectivity index (χ4n) is 2.54. The number of rotatable bonds is 2. The molecule has 0 atom stereocenters. The highest BCUT2D eigenvalue weighted by Gasteiger charge is 2.20. The Morgan fingerprint density at radius 1 is 1.15 bits per heavy atom. The van der Waals surface area contributed by atoms with E-state index in [1.807, 2.05) is 16.7 Å². The van der Waals surface area contributed by atoms with Crippen molar-refractivity contribution in [2.75, 3.05) is 5.32 Å². The molecule has 0 aliphatic carbocycles. The summed E-state index contributed by atoms with van der Waals surface area (Å²) >= 11 is 1.62. The molecule has 6 nitrogen and oxygen atoms in total. The van der Waals surface area contributed by atoms with E-state index in [0.717, 1.165) is 32.6 Å². The molecule has 0 spiro atoms. The van der Waals surface area contributed by atoms with Crippen LogP contribution in [0, 0.1) is 11.8 Å². The van der Waals surface area contributed by atoms with Gasteiger partial charge in [0.05, 0.1) is 28.5 Å². The normalized spacial score (nSPS) is 10.9. The number of fused-ring (bicyclic) bond motifs is 1. The number of aromatic amines is 1. The Labute approximate surface area is 167 Å². The smallest absolute Gasteiger partial charge is 0.157 e. The van der Waals surface area contributed by atoms with Gasteiger partial charge < -0.3 is 10.3 Å². The van der Waals surface area contributed by atoms with Crippen LogP contribution in [0.2, 0.25) is 0 Å². The molecule has 138 valence electrons. The van der Waals surface area contributed by atoms with Crippen molar-refractivity contribution in [3.63, 3.8) is 0 Å². The van der Waals surface area contributed by atoms with Crippen molar-refractivity contribution in [3.05, 3.63) is 53.8 Å². The molecule has 4 aromatic rings. The molecule has 0 saturated carbocycles. The highest BCUT2D eigenvalue weighted by Crippen LogP contribution is 2.34. The summed E-state index contributed by atoms with van der Waals surface area (Å²) in [7, 11) is 0. The first-order valence-corrected chi connectivity index (χ1v) is 9.02. The molecule has 4 rings (SSSR count). The molecule has 0 fully saturated rings. The first-order chi connectivity index (χ1) is 12.5. The van der Waals surface area contributed by atoms with Crippen LogP contribution in [0.15, 0.2) is 43.2 Å². The number of nitrogens with one attached hydrogen (secondary N) is 2. The van der Waals surface area contributed by atoms with Gasteiger partial charge in [-0.25, -0.2) is 9.97 Å². The van der Waals surface area contributed by atoms with Crippen molar-refractivity contribution in [1.29, 1.82) is 0 Å². The first-order valence-electron chi connectivity index (χ1n) is 8.20. The van der Waals surface area contributed by atoms with Gasteiger partial charge in [-0.05, 0) is 44.7 Å². The predicted molar refractivity (Wildman–Crippen MR) is 111 cm³/mol. The van der Waals surface area contributed by atoms with Crippen LogP contribution in [0.1, 0.15) is 31.3 Å². The lowest BCUT2D eigenvalue weighted by molar-refractivity contribution is 0.629. The number of nitrogens with zero attached hydrogens (tertiary/aromatic N) is 4. The van der Waals surface area contributed by atoms with Crippen molar-refractivity contribution in [2.45, 2.75) is 26.3 Å². The monoisotopic (exact) mass is 398 g/mol. The number of aromatic nitrogens is 5. The van der Waals surface area contributed by atoms with E-state index in [1.54, 1.807) is 36.3 Å². The molecule has 8 heteroatoms. The summed E-state index contributed by atoms with van der Waals surface area (Å²) in [5.74, 6) is 7.21. The molecule has 4 heterocycles. The second-order valence-corrected chi connectivity index (χ2v) is 7.95. The fraction of sp³-hybridized carbons (Fsp3) is 0.211.